The number of hydrogen-bond acceptors (Lipinski definition) is 3. The van der Waals surface area contributed by atoms with Crippen molar-refractivity contribution in [3.05, 3.63) is 24.3 Å². The Morgan fingerprint density at radius 3 is 2.88 bits per heavy atom. The normalized spacial score (nSPS) is 10.9. The lowest BCUT2D eigenvalue weighted by molar-refractivity contribution is 0.741. The van der Waals surface area contributed by atoms with Gasteiger partial charge in [0.2, 0.25) is 0 Å². The molecule has 0 aliphatic carbocycles. The van der Waals surface area contributed by atoms with E-state index in [1.807, 2.05) is 6.07 Å². The number of alkyl halides is 1. The molecule has 2 aromatic rings. The molecule has 92 valence electrons. The van der Waals surface area contributed by atoms with Crippen LogP contribution in [0.1, 0.15) is 19.8 Å². The molecule has 1 aromatic carbocycles. The van der Waals surface area contributed by atoms with Crippen molar-refractivity contribution < 1.29 is 0 Å². The van der Waals surface area contributed by atoms with E-state index in [0.717, 1.165) is 23.9 Å². The first-order chi connectivity index (χ1) is 8.36. The van der Waals surface area contributed by atoms with Gasteiger partial charge in [-0.15, -0.1) is 0 Å². The summed E-state index contributed by atoms with van der Waals surface area (Å²) in [6.45, 7) is 4.40. The van der Waals surface area contributed by atoms with Crippen LogP contribution >= 0.6 is 27.5 Å². The highest BCUT2D eigenvalue weighted by molar-refractivity contribution is 9.09. The van der Waals surface area contributed by atoms with Crippen LogP contribution in [0.2, 0.25) is 0 Å². The minimum Gasteiger partial charge on any atom is -0.361 e. The third-order valence-electron chi connectivity index (χ3n) is 2.79. The molecule has 0 amide bonds. The van der Waals surface area contributed by atoms with E-state index in [-0.39, 0.29) is 0 Å². The number of nitrogens with zero attached hydrogens (tertiary/aromatic N) is 2. The van der Waals surface area contributed by atoms with E-state index in [1.165, 1.54) is 23.2 Å². The molecule has 2 nitrogen and oxygen atoms in total. The summed E-state index contributed by atoms with van der Waals surface area (Å²) in [5, 5.41) is 3.60. The molecule has 0 saturated carbocycles. The van der Waals surface area contributed by atoms with E-state index >= 15 is 0 Å². The number of halogens is 1. The average Bonchev–Trinajstić information content (AvgIpc) is 2.78. The number of hydrogen-bond donors (Lipinski definition) is 0. The monoisotopic (exact) mass is 312 g/mol. The summed E-state index contributed by atoms with van der Waals surface area (Å²) in [5.41, 5.74) is 1.11. The van der Waals surface area contributed by atoms with Crippen LogP contribution in [0.5, 0.6) is 0 Å². The highest BCUT2D eigenvalue weighted by Gasteiger charge is 2.12. The Hall–Kier alpha value is -0.610. The number of rotatable bonds is 6. The van der Waals surface area contributed by atoms with Gasteiger partial charge in [0.15, 0.2) is 0 Å². The molecule has 1 heterocycles. The molecule has 2 rings (SSSR count). The molecule has 0 N–H and O–H groups in total. The van der Waals surface area contributed by atoms with Crippen molar-refractivity contribution in [3.63, 3.8) is 0 Å². The zero-order valence-electron chi connectivity index (χ0n) is 10.0. The Morgan fingerprint density at radius 2 is 2.12 bits per heavy atom. The molecule has 0 atom stereocenters. The maximum absolute atomic E-state index is 4.51. The first-order valence-corrected chi connectivity index (χ1v) is 7.91. The van der Waals surface area contributed by atoms with Crippen molar-refractivity contribution in [3.8, 4) is 0 Å². The average molecular weight is 313 g/mol. The van der Waals surface area contributed by atoms with Crippen LogP contribution < -0.4 is 4.90 Å². The van der Waals surface area contributed by atoms with Gasteiger partial charge in [0, 0.05) is 23.8 Å². The molecule has 0 fully saturated rings. The second kappa shape index (κ2) is 6.36. The van der Waals surface area contributed by atoms with Crippen LogP contribution in [-0.2, 0) is 0 Å². The summed E-state index contributed by atoms with van der Waals surface area (Å²) in [6, 6.07) is 8.39. The standard InChI is InChI=1S/C13H17BrN2S/c1-2-3-9-16(10-8-14)13-11-6-4-5-7-12(11)15-17-13/h4-7H,2-3,8-10H2,1H3. The van der Waals surface area contributed by atoms with Crippen molar-refractivity contribution >= 4 is 43.4 Å². The van der Waals surface area contributed by atoms with Crippen LogP contribution in [-0.4, -0.2) is 22.8 Å². The van der Waals surface area contributed by atoms with E-state index in [2.05, 4.69) is 50.3 Å². The van der Waals surface area contributed by atoms with Crippen molar-refractivity contribution in [2.24, 2.45) is 0 Å². The fourth-order valence-electron chi connectivity index (χ4n) is 1.87. The summed E-state index contributed by atoms with van der Waals surface area (Å²) in [6.07, 6.45) is 2.47. The molecule has 17 heavy (non-hydrogen) atoms. The van der Waals surface area contributed by atoms with Crippen LogP contribution in [0.25, 0.3) is 10.9 Å². The second-order valence-electron chi connectivity index (χ2n) is 4.03. The molecule has 0 aliphatic heterocycles. The third-order valence-corrected chi connectivity index (χ3v) is 4.08. The number of unbranched alkanes of at least 4 members (excludes halogenated alkanes) is 1. The Morgan fingerprint density at radius 1 is 1.29 bits per heavy atom. The fourth-order valence-corrected chi connectivity index (χ4v) is 3.21. The van der Waals surface area contributed by atoms with E-state index in [0.29, 0.717) is 0 Å². The number of fused-ring (bicyclic) bond motifs is 1. The van der Waals surface area contributed by atoms with Gasteiger partial charge in [-0.2, -0.15) is 4.37 Å². The first kappa shape index (κ1) is 12.8. The van der Waals surface area contributed by atoms with E-state index in [1.54, 1.807) is 11.5 Å². The van der Waals surface area contributed by atoms with Gasteiger partial charge in [-0.05, 0) is 30.1 Å². The molecule has 1 aromatic heterocycles. The van der Waals surface area contributed by atoms with Gasteiger partial charge in [-0.3, -0.25) is 0 Å². The van der Waals surface area contributed by atoms with Gasteiger partial charge < -0.3 is 4.90 Å². The van der Waals surface area contributed by atoms with Crippen molar-refractivity contribution in [2.75, 3.05) is 23.3 Å². The van der Waals surface area contributed by atoms with Crippen LogP contribution in [0, 0.1) is 0 Å². The quantitative estimate of drug-likeness (QED) is 0.739. The summed E-state index contributed by atoms with van der Waals surface area (Å²) in [5.74, 6) is 0. The fraction of sp³-hybridized carbons (Fsp3) is 0.462. The van der Waals surface area contributed by atoms with Crippen LogP contribution in [0.3, 0.4) is 0 Å². The molecule has 0 unspecified atom stereocenters. The van der Waals surface area contributed by atoms with Gasteiger partial charge in [0.1, 0.15) is 5.00 Å². The lowest BCUT2D eigenvalue weighted by Crippen LogP contribution is -2.25. The van der Waals surface area contributed by atoms with Crippen molar-refractivity contribution in [1.82, 2.24) is 4.37 Å². The van der Waals surface area contributed by atoms with Gasteiger partial charge in [-0.25, -0.2) is 0 Å². The van der Waals surface area contributed by atoms with E-state index in [4.69, 9.17) is 0 Å². The SMILES string of the molecule is CCCCN(CCBr)c1snc2ccccc12. The predicted octanol–water partition coefficient (Wildman–Crippen LogP) is 4.30. The summed E-state index contributed by atoms with van der Waals surface area (Å²) >= 11 is 5.15. The minimum atomic E-state index is 1.00. The molecular weight excluding hydrogens is 296 g/mol. The summed E-state index contributed by atoms with van der Waals surface area (Å²) in [7, 11) is 0. The molecule has 0 saturated heterocycles. The molecule has 0 aliphatic rings. The Labute approximate surface area is 115 Å². The van der Waals surface area contributed by atoms with Crippen molar-refractivity contribution in [2.45, 2.75) is 19.8 Å². The smallest absolute Gasteiger partial charge is 0.119 e. The molecule has 0 spiro atoms. The first-order valence-electron chi connectivity index (χ1n) is 6.02. The number of anilines is 1. The van der Waals surface area contributed by atoms with Crippen LogP contribution in [0.4, 0.5) is 5.00 Å². The van der Waals surface area contributed by atoms with Gasteiger partial charge in [0.25, 0.3) is 0 Å². The summed E-state index contributed by atoms with van der Waals surface area (Å²) < 4.78 is 4.51. The predicted molar refractivity (Wildman–Crippen MR) is 80.5 cm³/mol. The third kappa shape index (κ3) is 2.99. The molecular formula is C13H17BrN2S. The minimum absolute atomic E-state index is 1.00. The van der Waals surface area contributed by atoms with Crippen molar-refractivity contribution in [1.29, 1.82) is 0 Å². The van der Waals surface area contributed by atoms with Gasteiger partial charge in [0.05, 0.1) is 5.52 Å². The largest absolute Gasteiger partial charge is 0.361 e. The number of aromatic nitrogens is 1. The molecule has 4 heteroatoms. The lowest BCUT2D eigenvalue weighted by Gasteiger charge is -2.21. The Balaban J connectivity index is 2.27. The maximum Gasteiger partial charge on any atom is 0.119 e. The lowest BCUT2D eigenvalue weighted by atomic mass is 10.2. The highest BCUT2D eigenvalue weighted by atomic mass is 79.9. The zero-order chi connectivity index (χ0) is 12.1. The summed E-state index contributed by atoms with van der Waals surface area (Å²) in [4.78, 5) is 2.44. The van der Waals surface area contributed by atoms with Gasteiger partial charge >= 0.3 is 0 Å². The molecule has 0 bridgehead atoms. The topological polar surface area (TPSA) is 16.1 Å². The second-order valence-corrected chi connectivity index (χ2v) is 5.58. The highest BCUT2D eigenvalue weighted by Crippen LogP contribution is 2.31. The van der Waals surface area contributed by atoms with E-state index < -0.39 is 0 Å². The van der Waals surface area contributed by atoms with Gasteiger partial charge in [-0.1, -0.05) is 41.4 Å². The Kier molecular flexibility index (Phi) is 4.80. The van der Waals surface area contributed by atoms with Crippen LogP contribution in [0.15, 0.2) is 24.3 Å². The van der Waals surface area contributed by atoms with E-state index in [9.17, 15) is 0 Å². The zero-order valence-corrected chi connectivity index (χ0v) is 12.4. The number of benzene rings is 1. The molecule has 0 radical (unpaired) electrons. The Bertz CT molecular complexity index is 469. The maximum atomic E-state index is 4.51.